The standard InChI is InChI=1S/C3H11N3S/c1-6-7(2,5)3-4/h1,3-5H2,2H3. The Hall–Kier alpha value is -0.0600. The molecule has 0 heterocycles. The predicted molar refractivity (Wildman–Crippen MR) is 36.3 cm³/mol. The summed E-state index contributed by atoms with van der Waals surface area (Å²) in [6, 6.07) is 0. The Kier molecular flexibility index (Phi) is 2.28. The van der Waals surface area contributed by atoms with Gasteiger partial charge in [0.05, 0.1) is 5.88 Å². The first-order valence-corrected chi connectivity index (χ1v) is 4.07. The third-order valence-electron chi connectivity index (χ3n) is 0.632. The molecule has 0 saturated carbocycles. The maximum absolute atomic E-state index is 5.44. The summed E-state index contributed by atoms with van der Waals surface area (Å²) < 4.78 is 3.62. The topological polar surface area (TPSA) is 64.4 Å². The summed E-state index contributed by atoms with van der Waals surface area (Å²) in [6.07, 6.45) is 1.81. The van der Waals surface area contributed by atoms with Crippen LogP contribution in [-0.2, 0) is 0 Å². The van der Waals surface area contributed by atoms with Crippen LogP contribution in [0.15, 0.2) is 4.40 Å². The first-order valence-electron chi connectivity index (χ1n) is 1.84. The van der Waals surface area contributed by atoms with Crippen LogP contribution in [0.1, 0.15) is 0 Å². The number of hydrogen-bond donors (Lipinski definition) is 2. The summed E-state index contributed by atoms with van der Waals surface area (Å²) in [5.41, 5.74) is 5.20. The highest BCUT2D eigenvalue weighted by atomic mass is 32.3. The van der Waals surface area contributed by atoms with Gasteiger partial charge in [-0.3, -0.25) is 5.14 Å². The first kappa shape index (κ1) is 6.94. The van der Waals surface area contributed by atoms with Gasteiger partial charge < -0.3 is 5.73 Å². The molecule has 0 aromatic rings. The van der Waals surface area contributed by atoms with Crippen molar-refractivity contribution < 1.29 is 0 Å². The smallest absolute Gasteiger partial charge is 0.0534 e. The van der Waals surface area contributed by atoms with Crippen LogP contribution in [0.2, 0.25) is 0 Å². The Bertz CT molecular complexity index is 70.6. The van der Waals surface area contributed by atoms with Crippen molar-refractivity contribution in [1.29, 1.82) is 0 Å². The molecule has 0 aliphatic rings. The van der Waals surface area contributed by atoms with Crippen LogP contribution in [0.4, 0.5) is 0 Å². The van der Waals surface area contributed by atoms with E-state index in [9.17, 15) is 0 Å². The first-order chi connectivity index (χ1) is 3.12. The van der Waals surface area contributed by atoms with E-state index in [0.29, 0.717) is 5.88 Å². The van der Waals surface area contributed by atoms with Crippen LogP contribution in [0, 0.1) is 0 Å². The second-order valence-electron chi connectivity index (χ2n) is 1.40. The normalized spacial score (nSPS) is 22.7. The molecule has 0 aromatic carbocycles. The van der Waals surface area contributed by atoms with Crippen LogP contribution in [0.5, 0.6) is 0 Å². The van der Waals surface area contributed by atoms with Gasteiger partial charge in [0, 0.05) is 0 Å². The maximum atomic E-state index is 5.44. The lowest BCUT2D eigenvalue weighted by Crippen LogP contribution is -2.16. The molecule has 4 N–H and O–H groups in total. The zero-order chi connectivity index (χ0) is 5.91. The van der Waals surface area contributed by atoms with Crippen molar-refractivity contribution in [1.82, 2.24) is 0 Å². The molecule has 1 atom stereocenters. The molecule has 0 aliphatic carbocycles. The lowest BCUT2D eigenvalue weighted by atomic mass is 11.5. The number of nitrogens with zero attached hydrogens (tertiary/aromatic N) is 1. The molecule has 44 valence electrons. The van der Waals surface area contributed by atoms with E-state index in [4.69, 9.17) is 10.9 Å². The molecule has 0 bridgehead atoms. The minimum atomic E-state index is -1.37. The van der Waals surface area contributed by atoms with Crippen molar-refractivity contribution in [2.75, 3.05) is 12.1 Å². The molecule has 0 aliphatic heterocycles. The van der Waals surface area contributed by atoms with Crippen LogP contribution < -0.4 is 10.9 Å². The average Bonchev–Trinajstić information content (AvgIpc) is 1.68. The molecular formula is C3H11N3S. The Balaban J connectivity index is 3.58. The fraction of sp³-hybridized carbons (Fsp3) is 0.667. The molecule has 3 nitrogen and oxygen atoms in total. The van der Waals surface area contributed by atoms with Gasteiger partial charge in [0.1, 0.15) is 0 Å². The van der Waals surface area contributed by atoms with E-state index in [1.807, 2.05) is 0 Å². The summed E-state index contributed by atoms with van der Waals surface area (Å²) in [6.45, 7) is 3.29. The molecular weight excluding hydrogens is 110 g/mol. The summed E-state index contributed by atoms with van der Waals surface area (Å²) in [5, 5.41) is 5.44. The minimum Gasteiger partial charge on any atom is -0.321 e. The van der Waals surface area contributed by atoms with Gasteiger partial charge in [-0.2, -0.15) is 0 Å². The van der Waals surface area contributed by atoms with E-state index in [1.54, 1.807) is 6.26 Å². The summed E-state index contributed by atoms with van der Waals surface area (Å²) in [4.78, 5) is 0. The van der Waals surface area contributed by atoms with Crippen molar-refractivity contribution in [3.8, 4) is 0 Å². The van der Waals surface area contributed by atoms with Crippen molar-refractivity contribution in [2.24, 2.45) is 15.3 Å². The minimum absolute atomic E-state index is 0.427. The highest BCUT2D eigenvalue weighted by Crippen LogP contribution is 2.32. The van der Waals surface area contributed by atoms with Crippen molar-refractivity contribution in [2.45, 2.75) is 0 Å². The van der Waals surface area contributed by atoms with Gasteiger partial charge in [-0.05, 0) is 13.0 Å². The van der Waals surface area contributed by atoms with Crippen LogP contribution >= 0.6 is 10.4 Å². The zero-order valence-electron chi connectivity index (χ0n) is 4.42. The average molecular weight is 121 g/mol. The molecule has 0 spiro atoms. The quantitative estimate of drug-likeness (QED) is 0.498. The monoisotopic (exact) mass is 121 g/mol. The fourth-order valence-corrected chi connectivity index (χ4v) is 0.158. The predicted octanol–water partition coefficient (Wildman–Crippen LogP) is -0.174. The van der Waals surface area contributed by atoms with Crippen molar-refractivity contribution in [3.05, 3.63) is 0 Å². The number of hydrogen-bond acceptors (Lipinski definition) is 3. The molecule has 4 heteroatoms. The second kappa shape index (κ2) is 2.30. The lowest BCUT2D eigenvalue weighted by molar-refractivity contribution is 1.35. The SMILES string of the molecule is C=NS(C)(N)CN. The van der Waals surface area contributed by atoms with Gasteiger partial charge in [-0.25, -0.2) is 4.40 Å². The van der Waals surface area contributed by atoms with Crippen LogP contribution in [0.3, 0.4) is 0 Å². The van der Waals surface area contributed by atoms with Crippen LogP contribution in [-0.4, -0.2) is 18.9 Å². The van der Waals surface area contributed by atoms with Gasteiger partial charge in [0.2, 0.25) is 0 Å². The van der Waals surface area contributed by atoms with E-state index >= 15 is 0 Å². The Morgan fingerprint density at radius 2 is 2.29 bits per heavy atom. The maximum Gasteiger partial charge on any atom is 0.0534 e. The van der Waals surface area contributed by atoms with Crippen molar-refractivity contribution >= 4 is 17.1 Å². The van der Waals surface area contributed by atoms with E-state index < -0.39 is 10.4 Å². The highest BCUT2D eigenvalue weighted by Gasteiger charge is 2.01. The Morgan fingerprint density at radius 1 is 1.86 bits per heavy atom. The fourth-order valence-electron chi connectivity index (χ4n) is 0.0527. The molecule has 0 saturated heterocycles. The third kappa shape index (κ3) is 2.61. The molecule has 0 amide bonds. The molecule has 0 fully saturated rings. The summed E-state index contributed by atoms with van der Waals surface area (Å²) in [7, 11) is -1.37. The largest absolute Gasteiger partial charge is 0.321 e. The molecule has 1 unspecified atom stereocenters. The molecule has 0 rings (SSSR count). The van der Waals surface area contributed by atoms with E-state index in [2.05, 4.69) is 11.1 Å². The highest BCUT2D eigenvalue weighted by molar-refractivity contribution is 8.30. The third-order valence-corrected chi connectivity index (χ3v) is 1.90. The summed E-state index contributed by atoms with van der Waals surface area (Å²) in [5.74, 6) is 0.427. The van der Waals surface area contributed by atoms with E-state index in [0.717, 1.165) is 0 Å². The number of nitrogens with two attached hydrogens (primary N) is 2. The van der Waals surface area contributed by atoms with Gasteiger partial charge >= 0.3 is 0 Å². The Morgan fingerprint density at radius 3 is 2.29 bits per heavy atom. The van der Waals surface area contributed by atoms with Gasteiger partial charge in [-0.15, -0.1) is 0 Å². The second-order valence-corrected chi connectivity index (χ2v) is 4.21. The Labute approximate surface area is 45.4 Å². The van der Waals surface area contributed by atoms with E-state index in [1.165, 1.54) is 0 Å². The summed E-state index contributed by atoms with van der Waals surface area (Å²) >= 11 is 0. The van der Waals surface area contributed by atoms with Crippen molar-refractivity contribution in [3.63, 3.8) is 0 Å². The lowest BCUT2D eigenvalue weighted by Gasteiger charge is -2.21. The molecule has 7 heavy (non-hydrogen) atoms. The number of rotatable bonds is 2. The molecule has 0 aromatic heterocycles. The van der Waals surface area contributed by atoms with Gasteiger partial charge in [0.25, 0.3) is 0 Å². The zero-order valence-corrected chi connectivity index (χ0v) is 5.24. The molecule has 0 radical (unpaired) electrons. The van der Waals surface area contributed by atoms with E-state index in [-0.39, 0.29) is 0 Å². The van der Waals surface area contributed by atoms with Gasteiger partial charge in [0.15, 0.2) is 0 Å². The van der Waals surface area contributed by atoms with Gasteiger partial charge in [-0.1, -0.05) is 10.4 Å². The van der Waals surface area contributed by atoms with Crippen LogP contribution in [0.25, 0.3) is 0 Å².